The van der Waals surface area contributed by atoms with Crippen molar-refractivity contribution in [1.82, 2.24) is 0 Å². The lowest BCUT2D eigenvalue weighted by Gasteiger charge is -2.16. The fraction of sp³-hybridized carbons (Fsp3) is 0.176. The Kier molecular flexibility index (Phi) is 4.78. The van der Waals surface area contributed by atoms with Gasteiger partial charge >= 0.3 is 5.97 Å². The molecule has 0 fully saturated rings. The van der Waals surface area contributed by atoms with Gasteiger partial charge in [-0.05, 0) is 49.7 Å². The second-order valence-electron chi connectivity index (χ2n) is 4.90. The van der Waals surface area contributed by atoms with Crippen molar-refractivity contribution in [2.24, 2.45) is 0 Å². The maximum atomic E-state index is 12.1. The second-order valence-corrected chi connectivity index (χ2v) is 4.90. The highest BCUT2D eigenvalue weighted by Gasteiger charge is 2.15. The maximum Gasteiger partial charge on any atom is 0.335 e. The first kappa shape index (κ1) is 15.6. The number of aryl methyl sites for hydroxylation is 1. The molecule has 0 saturated heterocycles. The van der Waals surface area contributed by atoms with E-state index in [1.54, 1.807) is 25.1 Å². The largest absolute Gasteiger partial charge is 0.481 e. The van der Waals surface area contributed by atoms with Gasteiger partial charge in [0.2, 0.25) is 0 Å². The number of carbonyl (C=O) groups is 2. The molecular formula is C17H17NO4. The van der Waals surface area contributed by atoms with Gasteiger partial charge in [0.15, 0.2) is 6.10 Å². The number of para-hydroxylation sites is 1. The molecule has 2 aromatic carbocycles. The van der Waals surface area contributed by atoms with E-state index < -0.39 is 12.1 Å². The first-order chi connectivity index (χ1) is 10.5. The number of ether oxygens (including phenoxy) is 1. The van der Waals surface area contributed by atoms with E-state index in [0.29, 0.717) is 11.4 Å². The summed E-state index contributed by atoms with van der Waals surface area (Å²) < 4.78 is 5.63. The molecule has 1 atom stereocenters. The molecule has 22 heavy (non-hydrogen) atoms. The van der Waals surface area contributed by atoms with E-state index in [9.17, 15) is 9.59 Å². The average Bonchev–Trinajstić information content (AvgIpc) is 2.50. The van der Waals surface area contributed by atoms with E-state index in [0.717, 1.165) is 5.56 Å². The molecule has 0 spiro atoms. The first-order valence-electron chi connectivity index (χ1n) is 6.84. The normalized spacial score (nSPS) is 11.5. The van der Waals surface area contributed by atoms with Gasteiger partial charge < -0.3 is 15.2 Å². The van der Waals surface area contributed by atoms with Crippen molar-refractivity contribution in [1.29, 1.82) is 0 Å². The quantitative estimate of drug-likeness (QED) is 0.889. The molecule has 0 heterocycles. The van der Waals surface area contributed by atoms with Crippen molar-refractivity contribution in [3.05, 3.63) is 59.7 Å². The van der Waals surface area contributed by atoms with Crippen molar-refractivity contribution in [2.75, 3.05) is 5.32 Å². The van der Waals surface area contributed by atoms with Crippen LogP contribution >= 0.6 is 0 Å². The van der Waals surface area contributed by atoms with Crippen LogP contribution in [0.3, 0.4) is 0 Å². The second kappa shape index (κ2) is 6.76. The molecule has 0 aliphatic rings. The molecule has 0 unspecified atom stereocenters. The third-order valence-electron chi connectivity index (χ3n) is 3.17. The highest BCUT2D eigenvalue weighted by molar-refractivity contribution is 5.95. The predicted octanol–water partition coefficient (Wildman–Crippen LogP) is 3.10. The van der Waals surface area contributed by atoms with Crippen LogP contribution in [0.2, 0.25) is 0 Å². The van der Waals surface area contributed by atoms with Gasteiger partial charge in [0.25, 0.3) is 5.91 Å². The highest BCUT2D eigenvalue weighted by Crippen LogP contribution is 2.18. The van der Waals surface area contributed by atoms with Gasteiger partial charge in [0.1, 0.15) is 5.75 Å². The number of carbonyl (C=O) groups excluding carboxylic acids is 1. The summed E-state index contributed by atoms with van der Waals surface area (Å²) in [5.41, 5.74) is 1.64. The summed E-state index contributed by atoms with van der Waals surface area (Å²) in [6.07, 6.45) is -0.666. The number of hydrogen-bond donors (Lipinski definition) is 2. The van der Waals surface area contributed by atoms with E-state index in [4.69, 9.17) is 9.84 Å². The van der Waals surface area contributed by atoms with Crippen LogP contribution in [0, 0.1) is 6.92 Å². The van der Waals surface area contributed by atoms with Gasteiger partial charge in [0.05, 0.1) is 5.56 Å². The van der Waals surface area contributed by atoms with Gasteiger partial charge in [-0.3, -0.25) is 4.79 Å². The van der Waals surface area contributed by atoms with Gasteiger partial charge in [-0.1, -0.05) is 18.2 Å². The summed E-state index contributed by atoms with van der Waals surface area (Å²) in [6.45, 7) is 3.57. The third kappa shape index (κ3) is 3.85. The number of nitrogens with one attached hydrogen (secondary N) is 1. The Bertz CT molecular complexity index is 679. The van der Waals surface area contributed by atoms with Gasteiger partial charge in [-0.2, -0.15) is 0 Å². The Morgan fingerprint density at radius 2 is 1.73 bits per heavy atom. The van der Waals surface area contributed by atoms with Crippen LogP contribution in [-0.2, 0) is 4.79 Å². The van der Waals surface area contributed by atoms with E-state index in [1.807, 2.05) is 25.1 Å². The van der Waals surface area contributed by atoms with Crippen molar-refractivity contribution >= 4 is 17.6 Å². The fourth-order valence-electron chi connectivity index (χ4n) is 1.87. The molecule has 0 aliphatic carbocycles. The van der Waals surface area contributed by atoms with Crippen LogP contribution in [0.5, 0.6) is 5.75 Å². The number of aromatic carboxylic acids is 1. The third-order valence-corrected chi connectivity index (χ3v) is 3.17. The lowest BCUT2D eigenvalue weighted by atomic mass is 10.2. The summed E-state index contributed by atoms with van der Waals surface area (Å²) >= 11 is 0. The molecule has 0 radical (unpaired) electrons. The highest BCUT2D eigenvalue weighted by atomic mass is 16.5. The van der Waals surface area contributed by atoms with Crippen LogP contribution < -0.4 is 10.1 Å². The molecular weight excluding hydrogens is 282 g/mol. The molecule has 1 amide bonds. The van der Waals surface area contributed by atoms with Crippen molar-refractivity contribution < 1.29 is 19.4 Å². The van der Waals surface area contributed by atoms with Crippen LogP contribution in [0.15, 0.2) is 48.5 Å². The lowest BCUT2D eigenvalue weighted by molar-refractivity contribution is -0.122. The number of carboxylic acids is 1. The molecule has 0 saturated carbocycles. The summed E-state index contributed by atoms with van der Waals surface area (Å²) in [5, 5.41) is 11.5. The number of rotatable bonds is 5. The molecule has 5 heteroatoms. The molecule has 114 valence electrons. The summed E-state index contributed by atoms with van der Waals surface area (Å²) in [7, 11) is 0. The minimum Gasteiger partial charge on any atom is -0.481 e. The monoisotopic (exact) mass is 299 g/mol. The van der Waals surface area contributed by atoms with E-state index in [2.05, 4.69) is 5.32 Å². The predicted molar refractivity (Wildman–Crippen MR) is 83.3 cm³/mol. The van der Waals surface area contributed by atoms with Crippen LogP contribution in [-0.4, -0.2) is 23.1 Å². The fourth-order valence-corrected chi connectivity index (χ4v) is 1.87. The minimum absolute atomic E-state index is 0.169. The van der Waals surface area contributed by atoms with Gasteiger partial charge in [-0.15, -0.1) is 0 Å². The molecule has 0 bridgehead atoms. The Morgan fingerprint density at radius 3 is 2.32 bits per heavy atom. The lowest BCUT2D eigenvalue weighted by Crippen LogP contribution is -2.30. The zero-order chi connectivity index (χ0) is 16.1. The Balaban J connectivity index is 1.99. The standard InChI is InChI=1S/C17H17NO4/c1-11-5-3-4-6-15(11)22-12(2)16(19)18-14-9-7-13(8-10-14)17(20)21/h3-10,12H,1-2H3,(H,18,19)(H,20,21)/t12-/m0/s1. The number of hydrogen-bond acceptors (Lipinski definition) is 3. The van der Waals surface area contributed by atoms with Crippen molar-refractivity contribution in [3.63, 3.8) is 0 Å². The first-order valence-corrected chi connectivity index (χ1v) is 6.84. The molecule has 2 aromatic rings. The van der Waals surface area contributed by atoms with Crippen molar-refractivity contribution in [2.45, 2.75) is 20.0 Å². The number of carboxylic acid groups (broad SMARTS) is 1. The summed E-state index contributed by atoms with van der Waals surface area (Å²) in [4.78, 5) is 22.9. The molecule has 5 nitrogen and oxygen atoms in total. The molecule has 2 N–H and O–H groups in total. The summed E-state index contributed by atoms with van der Waals surface area (Å²) in [6, 6.07) is 13.4. The summed E-state index contributed by atoms with van der Waals surface area (Å²) in [5.74, 6) is -0.646. The van der Waals surface area contributed by atoms with Crippen molar-refractivity contribution in [3.8, 4) is 5.75 Å². The van der Waals surface area contributed by atoms with Crippen LogP contribution in [0.1, 0.15) is 22.8 Å². The minimum atomic E-state index is -1.01. The number of anilines is 1. The SMILES string of the molecule is Cc1ccccc1O[C@@H](C)C(=O)Nc1ccc(C(=O)O)cc1. The average molecular weight is 299 g/mol. The molecule has 2 rings (SSSR count). The topological polar surface area (TPSA) is 75.6 Å². The smallest absolute Gasteiger partial charge is 0.335 e. The van der Waals surface area contributed by atoms with Gasteiger partial charge in [0, 0.05) is 5.69 Å². The Morgan fingerprint density at radius 1 is 1.09 bits per heavy atom. The maximum absolute atomic E-state index is 12.1. The van der Waals surface area contributed by atoms with E-state index >= 15 is 0 Å². The molecule has 0 aromatic heterocycles. The van der Waals surface area contributed by atoms with Gasteiger partial charge in [-0.25, -0.2) is 4.79 Å². The molecule has 0 aliphatic heterocycles. The van der Waals surface area contributed by atoms with Crippen LogP contribution in [0.25, 0.3) is 0 Å². The number of benzene rings is 2. The zero-order valence-corrected chi connectivity index (χ0v) is 12.4. The van der Waals surface area contributed by atoms with Crippen LogP contribution in [0.4, 0.5) is 5.69 Å². The Hall–Kier alpha value is -2.82. The zero-order valence-electron chi connectivity index (χ0n) is 12.4. The number of amides is 1. The van der Waals surface area contributed by atoms with E-state index in [-0.39, 0.29) is 11.5 Å². The van der Waals surface area contributed by atoms with E-state index in [1.165, 1.54) is 12.1 Å². The Labute approximate surface area is 128 Å².